The van der Waals surface area contributed by atoms with Crippen molar-refractivity contribution >= 4 is 11.6 Å². The largest absolute Gasteiger partial charge is 0.506 e. The summed E-state index contributed by atoms with van der Waals surface area (Å²) in [6.45, 7) is 3.90. The average Bonchev–Trinajstić information content (AvgIpc) is 2.17. The minimum Gasteiger partial charge on any atom is -0.506 e. The molecule has 15 heavy (non-hydrogen) atoms. The van der Waals surface area contributed by atoms with E-state index in [0.29, 0.717) is 5.02 Å². The van der Waals surface area contributed by atoms with Crippen LogP contribution in [0.1, 0.15) is 36.0 Å². The summed E-state index contributed by atoms with van der Waals surface area (Å²) in [5.74, 6) is 0.168. The second-order valence-electron chi connectivity index (χ2n) is 4.54. The van der Waals surface area contributed by atoms with Crippen molar-refractivity contribution < 1.29 is 5.11 Å². The van der Waals surface area contributed by atoms with Gasteiger partial charge in [-0.25, -0.2) is 0 Å². The van der Waals surface area contributed by atoms with Crippen LogP contribution in [0, 0.1) is 13.8 Å². The summed E-state index contributed by atoms with van der Waals surface area (Å²) in [5.41, 5.74) is 8.67. The molecule has 1 aromatic rings. The van der Waals surface area contributed by atoms with E-state index in [1.54, 1.807) is 0 Å². The molecular formula is C12H16ClNO. The van der Waals surface area contributed by atoms with E-state index in [4.69, 9.17) is 17.3 Å². The Kier molecular flexibility index (Phi) is 2.44. The SMILES string of the molecule is Cc1cc(C2(N)CCC2)c(O)c(Cl)c1C. The van der Waals surface area contributed by atoms with Gasteiger partial charge in [-0.1, -0.05) is 17.7 Å². The van der Waals surface area contributed by atoms with Crippen molar-refractivity contribution in [2.45, 2.75) is 38.6 Å². The fourth-order valence-electron chi connectivity index (χ4n) is 2.07. The standard InChI is InChI=1S/C12H16ClNO/c1-7-6-9(12(14)4-3-5-12)11(15)10(13)8(7)2/h6,15H,3-5,14H2,1-2H3. The zero-order valence-electron chi connectivity index (χ0n) is 9.10. The summed E-state index contributed by atoms with van der Waals surface area (Å²) in [6, 6.07) is 1.97. The van der Waals surface area contributed by atoms with Crippen molar-refractivity contribution in [1.82, 2.24) is 0 Å². The first-order chi connectivity index (χ1) is 6.96. The molecule has 0 saturated heterocycles. The Morgan fingerprint density at radius 2 is 2.00 bits per heavy atom. The highest BCUT2D eigenvalue weighted by atomic mass is 35.5. The van der Waals surface area contributed by atoms with Gasteiger partial charge >= 0.3 is 0 Å². The number of rotatable bonds is 1. The molecule has 0 bridgehead atoms. The number of halogens is 1. The van der Waals surface area contributed by atoms with Crippen LogP contribution < -0.4 is 5.73 Å². The average molecular weight is 226 g/mol. The summed E-state index contributed by atoms with van der Waals surface area (Å²) in [4.78, 5) is 0. The van der Waals surface area contributed by atoms with E-state index in [-0.39, 0.29) is 11.3 Å². The lowest BCUT2D eigenvalue weighted by Crippen LogP contribution is -2.43. The smallest absolute Gasteiger partial charge is 0.139 e. The van der Waals surface area contributed by atoms with E-state index >= 15 is 0 Å². The van der Waals surface area contributed by atoms with E-state index in [1.807, 2.05) is 19.9 Å². The highest BCUT2D eigenvalue weighted by Crippen LogP contribution is 2.46. The zero-order chi connectivity index (χ0) is 11.2. The first kappa shape index (κ1) is 10.8. The van der Waals surface area contributed by atoms with Crippen LogP contribution in [0.4, 0.5) is 0 Å². The molecule has 82 valence electrons. The predicted octanol–water partition coefficient (Wildman–Crippen LogP) is 3.00. The molecule has 3 N–H and O–H groups in total. The van der Waals surface area contributed by atoms with Crippen LogP contribution in [-0.2, 0) is 5.54 Å². The lowest BCUT2D eigenvalue weighted by molar-refractivity contribution is 0.245. The molecule has 1 aliphatic rings. The lowest BCUT2D eigenvalue weighted by atomic mass is 9.72. The van der Waals surface area contributed by atoms with Crippen LogP contribution in [0.15, 0.2) is 6.07 Å². The third-order valence-electron chi connectivity index (χ3n) is 3.53. The Bertz CT molecular complexity index is 411. The van der Waals surface area contributed by atoms with Gasteiger partial charge in [0.05, 0.1) is 5.02 Å². The fraction of sp³-hybridized carbons (Fsp3) is 0.500. The van der Waals surface area contributed by atoms with Crippen LogP contribution in [-0.4, -0.2) is 5.11 Å². The molecule has 1 fully saturated rings. The summed E-state index contributed by atoms with van der Waals surface area (Å²) in [7, 11) is 0. The van der Waals surface area contributed by atoms with Gasteiger partial charge in [0, 0.05) is 11.1 Å². The van der Waals surface area contributed by atoms with Gasteiger partial charge in [0.15, 0.2) is 0 Å². The Morgan fingerprint density at radius 1 is 1.40 bits per heavy atom. The number of hydrogen-bond acceptors (Lipinski definition) is 2. The Labute approximate surface area is 95.1 Å². The molecule has 2 rings (SSSR count). The fourth-order valence-corrected chi connectivity index (χ4v) is 2.32. The topological polar surface area (TPSA) is 46.2 Å². The molecule has 0 unspecified atom stereocenters. The first-order valence-electron chi connectivity index (χ1n) is 5.24. The molecule has 0 atom stereocenters. The second-order valence-corrected chi connectivity index (χ2v) is 4.92. The van der Waals surface area contributed by atoms with Crippen molar-refractivity contribution in [1.29, 1.82) is 0 Å². The maximum Gasteiger partial charge on any atom is 0.139 e. The normalized spacial score (nSPS) is 18.7. The molecule has 0 aromatic heterocycles. The van der Waals surface area contributed by atoms with E-state index in [2.05, 4.69) is 0 Å². The Balaban J connectivity index is 2.58. The van der Waals surface area contributed by atoms with Gasteiger partial charge in [-0.2, -0.15) is 0 Å². The monoisotopic (exact) mass is 225 g/mol. The van der Waals surface area contributed by atoms with Crippen molar-refractivity contribution in [3.05, 3.63) is 27.8 Å². The molecule has 0 radical (unpaired) electrons. The highest BCUT2D eigenvalue weighted by molar-refractivity contribution is 6.33. The van der Waals surface area contributed by atoms with Crippen molar-refractivity contribution in [2.75, 3.05) is 0 Å². The zero-order valence-corrected chi connectivity index (χ0v) is 9.86. The van der Waals surface area contributed by atoms with E-state index in [0.717, 1.165) is 36.0 Å². The number of nitrogens with two attached hydrogens (primary N) is 1. The van der Waals surface area contributed by atoms with Crippen molar-refractivity contribution in [3.63, 3.8) is 0 Å². The number of phenols is 1. The summed E-state index contributed by atoms with van der Waals surface area (Å²) < 4.78 is 0. The number of hydrogen-bond donors (Lipinski definition) is 2. The molecular weight excluding hydrogens is 210 g/mol. The Hall–Kier alpha value is -0.730. The van der Waals surface area contributed by atoms with Crippen LogP contribution in [0.2, 0.25) is 5.02 Å². The number of aromatic hydroxyl groups is 1. The van der Waals surface area contributed by atoms with Gasteiger partial charge < -0.3 is 10.8 Å². The number of benzene rings is 1. The lowest BCUT2D eigenvalue weighted by Gasteiger charge is -2.39. The third-order valence-corrected chi connectivity index (χ3v) is 3.99. The van der Waals surface area contributed by atoms with E-state index in [9.17, 15) is 5.11 Å². The number of aryl methyl sites for hydroxylation is 1. The van der Waals surface area contributed by atoms with Crippen LogP contribution in [0.3, 0.4) is 0 Å². The molecule has 3 heteroatoms. The Morgan fingerprint density at radius 3 is 2.47 bits per heavy atom. The summed E-state index contributed by atoms with van der Waals surface area (Å²) in [5, 5.41) is 10.4. The molecule has 0 heterocycles. The van der Waals surface area contributed by atoms with Gasteiger partial charge in [-0.15, -0.1) is 0 Å². The summed E-state index contributed by atoms with van der Waals surface area (Å²) >= 11 is 6.07. The van der Waals surface area contributed by atoms with Gasteiger partial charge in [0.1, 0.15) is 5.75 Å². The van der Waals surface area contributed by atoms with Crippen molar-refractivity contribution in [3.8, 4) is 5.75 Å². The predicted molar refractivity (Wildman–Crippen MR) is 62.3 cm³/mol. The molecule has 0 amide bonds. The molecule has 0 spiro atoms. The number of phenolic OH excluding ortho intramolecular Hbond substituents is 1. The highest BCUT2D eigenvalue weighted by Gasteiger charge is 2.37. The summed E-state index contributed by atoms with van der Waals surface area (Å²) in [6.07, 6.45) is 2.99. The third kappa shape index (κ3) is 1.52. The quantitative estimate of drug-likeness (QED) is 0.772. The van der Waals surface area contributed by atoms with Gasteiger partial charge in [0.2, 0.25) is 0 Å². The first-order valence-corrected chi connectivity index (χ1v) is 5.61. The van der Waals surface area contributed by atoms with Gasteiger partial charge in [-0.05, 0) is 44.2 Å². The maximum absolute atomic E-state index is 9.99. The molecule has 0 aliphatic heterocycles. The molecule has 1 saturated carbocycles. The van der Waals surface area contributed by atoms with Crippen LogP contribution in [0.5, 0.6) is 5.75 Å². The van der Waals surface area contributed by atoms with E-state index in [1.165, 1.54) is 0 Å². The second kappa shape index (κ2) is 3.39. The van der Waals surface area contributed by atoms with Crippen molar-refractivity contribution in [2.24, 2.45) is 5.73 Å². The van der Waals surface area contributed by atoms with E-state index < -0.39 is 0 Å². The minimum absolute atomic E-state index is 0.168. The minimum atomic E-state index is -0.355. The van der Waals surface area contributed by atoms with Gasteiger partial charge in [-0.3, -0.25) is 0 Å². The molecule has 1 aromatic carbocycles. The van der Waals surface area contributed by atoms with Crippen LogP contribution >= 0.6 is 11.6 Å². The maximum atomic E-state index is 9.99. The van der Waals surface area contributed by atoms with Crippen LogP contribution in [0.25, 0.3) is 0 Å². The van der Waals surface area contributed by atoms with Gasteiger partial charge in [0.25, 0.3) is 0 Å². The molecule has 2 nitrogen and oxygen atoms in total. The molecule has 1 aliphatic carbocycles.